The van der Waals surface area contributed by atoms with Gasteiger partial charge in [-0.2, -0.15) is 0 Å². The van der Waals surface area contributed by atoms with E-state index in [2.05, 4.69) is 20.3 Å². The Kier molecular flexibility index (Phi) is 6.10. The molecule has 0 saturated carbocycles. The highest BCUT2D eigenvalue weighted by atomic mass is 35.5. The van der Waals surface area contributed by atoms with E-state index in [1.807, 2.05) is 12.1 Å². The van der Waals surface area contributed by atoms with E-state index >= 15 is 0 Å². The summed E-state index contributed by atoms with van der Waals surface area (Å²) in [5, 5.41) is 5.28. The highest BCUT2D eigenvalue weighted by molar-refractivity contribution is 7.13. The SMILES string of the molecule is C[C@H](OC(=O)Cc1csc(-c2cccnc2)n1)C(=O)Nc1cccnc1Cl. The standard InChI is InChI=1S/C18H15ClN4O3S/c1-11(17(25)23-14-5-3-7-21-16(14)19)26-15(24)8-13-10-27-18(22-13)12-4-2-6-20-9-12/h2-7,9-11H,8H2,1H3,(H,23,25)/t11-/m0/s1. The Morgan fingerprint density at radius 3 is 2.85 bits per heavy atom. The minimum atomic E-state index is -0.981. The smallest absolute Gasteiger partial charge is 0.312 e. The van der Waals surface area contributed by atoms with E-state index in [-0.39, 0.29) is 11.6 Å². The molecule has 3 aromatic rings. The second-order valence-electron chi connectivity index (χ2n) is 5.53. The van der Waals surface area contributed by atoms with Gasteiger partial charge in [-0.15, -0.1) is 11.3 Å². The molecule has 0 radical (unpaired) electrons. The van der Waals surface area contributed by atoms with E-state index in [9.17, 15) is 9.59 Å². The van der Waals surface area contributed by atoms with E-state index < -0.39 is 18.0 Å². The summed E-state index contributed by atoms with van der Waals surface area (Å²) in [6.45, 7) is 1.49. The van der Waals surface area contributed by atoms with Crippen molar-refractivity contribution in [2.24, 2.45) is 0 Å². The van der Waals surface area contributed by atoms with Crippen molar-refractivity contribution < 1.29 is 14.3 Å². The number of rotatable bonds is 6. The molecule has 7 nitrogen and oxygen atoms in total. The van der Waals surface area contributed by atoms with Gasteiger partial charge < -0.3 is 10.1 Å². The fraction of sp³-hybridized carbons (Fsp3) is 0.167. The number of thiazole rings is 1. The summed E-state index contributed by atoms with van der Waals surface area (Å²) in [6, 6.07) is 6.96. The molecule has 138 valence electrons. The van der Waals surface area contributed by atoms with Crippen LogP contribution in [0.3, 0.4) is 0 Å². The first-order valence-electron chi connectivity index (χ1n) is 7.98. The fourth-order valence-corrected chi connectivity index (χ4v) is 3.14. The van der Waals surface area contributed by atoms with Gasteiger partial charge in [0.25, 0.3) is 5.91 Å². The zero-order chi connectivity index (χ0) is 19.2. The summed E-state index contributed by atoms with van der Waals surface area (Å²) in [7, 11) is 0. The topological polar surface area (TPSA) is 94.1 Å². The summed E-state index contributed by atoms with van der Waals surface area (Å²) in [4.78, 5) is 36.6. The zero-order valence-corrected chi connectivity index (χ0v) is 15.8. The molecule has 1 amide bonds. The maximum atomic E-state index is 12.1. The Morgan fingerprint density at radius 1 is 1.30 bits per heavy atom. The molecule has 0 aliphatic carbocycles. The number of carbonyl (C=O) groups excluding carboxylic acids is 2. The highest BCUT2D eigenvalue weighted by Crippen LogP contribution is 2.23. The van der Waals surface area contributed by atoms with E-state index in [4.69, 9.17) is 16.3 Å². The Hall–Kier alpha value is -2.84. The van der Waals surface area contributed by atoms with Crippen molar-refractivity contribution >= 4 is 40.5 Å². The molecule has 3 rings (SSSR count). The molecule has 0 fully saturated rings. The molecule has 0 saturated heterocycles. The molecule has 3 aromatic heterocycles. The van der Waals surface area contributed by atoms with E-state index in [0.29, 0.717) is 11.4 Å². The van der Waals surface area contributed by atoms with E-state index in [0.717, 1.165) is 10.6 Å². The van der Waals surface area contributed by atoms with Crippen LogP contribution in [0, 0.1) is 0 Å². The Bertz CT molecular complexity index is 949. The van der Waals surface area contributed by atoms with Gasteiger partial charge in [-0.1, -0.05) is 11.6 Å². The van der Waals surface area contributed by atoms with Crippen LogP contribution in [-0.4, -0.2) is 32.9 Å². The van der Waals surface area contributed by atoms with Crippen LogP contribution in [0.25, 0.3) is 10.6 Å². The van der Waals surface area contributed by atoms with E-state index in [1.165, 1.54) is 24.5 Å². The number of nitrogens with one attached hydrogen (secondary N) is 1. The van der Waals surface area contributed by atoms with Crippen LogP contribution in [-0.2, 0) is 20.7 Å². The fourth-order valence-electron chi connectivity index (χ4n) is 2.16. The summed E-state index contributed by atoms with van der Waals surface area (Å²) >= 11 is 7.31. The summed E-state index contributed by atoms with van der Waals surface area (Å²) in [6.07, 6.45) is 3.89. The average Bonchev–Trinajstić information content (AvgIpc) is 3.12. The Balaban J connectivity index is 1.55. The van der Waals surface area contributed by atoms with Crippen LogP contribution < -0.4 is 5.32 Å². The quantitative estimate of drug-likeness (QED) is 0.501. The average molecular weight is 403 g/mol. The molecule has 1 atom stereocenters. The summed E-state index contributed by atoms with van der Waals surface area (Å²) in [5.41, 5.74) is 1.81. The maximum Gasteiger partial charge on any atom is 0.312 e. The molecular formula is C18H15ClN4O3S. The van der Waals surface area contributed by atoms with Crippen molar-refractivity contribution in [1.29, 1.82) is 0 Å². The molecule has 0 bridgehead atoms. The molecule has 27 heavy (non-hydrogen) atoms. The predicted molar refractivity (Wildman–Crippen MR) is 102 cm³/mol. The molecule has 0 aliphatic rings. The minimum absolute atomic E-state index is 0.0258. The number of nitrogens with zero attached hydrogens (tertiary/aromatic N) is 3. The lowest BCUT2D eigenvalue weighted by molar-refractivity contribution is -0.152. The van der Waals surface area contributed by atoms with Crippen LogP contribution in [0.4, 0.5) is 5.69 Å². The van der Waals surface area contributed by atoms with Crippen LogP contribution in [0.5, 0.6) is 0 Å². The molecule has 0 spiro atoms. The monoisotopic (exact) mass is 402 g/mol. The van der Waals surface area contributed by atoms with Crippen molar-refractivity contribution in [3.05, 3.63) is 59.1 Å². The number of ether oxygens (including phenoxy) is 1. The van der Waals surface area contributed by atoms with Gasteiger partial charge in [0.15, 0.2) is 11.3 Å². The van der Waals surface area contributed by atoms with Gasteiger partial charge in [0.05, 0.1) is 17.8 Å². The first-order valence-corrected chi connectivity index (χ1v) is 9.24. The maximum absolute atomic E-state index is 12.1. The number of esters is 1. The zero-order valence-electron chi connectivity index (χ0n) is 14.3. The van der Waals surface area contributed by atoms with Gasteiger partial charge in [-0.25, -0.2) is 9.97 Å². The molecule has 9 heteroatoms. The van der Waals surface area contributed by atoms with Gasteiger partial charge in [-0.3, -0.25) is 14.6 Å². The number of halogens is 1. The summed E-state index contributed by atoms with van der Waals surface area (Å²) in [5.74, 6) is -1.04. The second kappa shape index (κ2) is 8.70. The first-order chi connectivity index (χ1) is 13.0. The third kappa shape index (κ3) is 5.08. The number of amides is 1. The third-order valence-electron chi connectivity index (χ3n) is 3.48. The third-order valence-corrected chi connectivity index (χ3v) is 4.72. The number of carbonyl (C=O) groups is 2. The molecule has 0 aliphatic heterocycles. The Labute approximate surface area is 164 Å². The Morgan fingerprint density at radius 2 is 2.11 bits per heavy atom. The lowest BCUT2D eigenvalue weighted by Gasteiger charge is -2.13. The van der Waals surface area contributed by atoms with Crippen LogP contribution in [0.15, 0.2) is 48.2 Å². The van der Waals surface area contributed by atoms with Crippen LogP contribution in [0.2, 0.25) is 5.15 Å². The lowest BCUT2D eigenvalue weighted by Crippen LogP contribution is -2.30. The summed E-state index contributed by atoms with van der Waals surface area (Å²) < 4.78 is 5.18. The molecule has 0 aromatic carbocycles. The van der Waals surface area contributed by atoms with E-state index in [1.54, 1.807) is 29.9 Å². The molecule has 1 N–H and O–H groups in total. The van der Waals surface area contributed by atoms with Crippen molar-refractivity contribution in [1.82, 2.24) is 15.0 Å². The number of hydrogen-bond acceptors (Lipinski definition) is 7. The normalized spacial score (nSPS) is 11.6. The number of anilines is 1. The van der Waals surface area contributed by atoms with Crippen LogP contribution >= 0.6 is 22.9 Å². The number of aromatic nitrogens is 3. The predicted octanol–water partition coefficient (Wildman–Crippen LogP) is 3.37. The van der Waals surface area contributed by atoms with Crippen LogP contribution in [0.1, 0.15) is 12.6 Å². The van der Waals surface area contributed by atoms with Crippen molar-refractivity contribution in [2.75, 3.05) is 5.32 Å². The molecular weight excluding hydrogens is 388 g/mol. The van der Waals surface area contributed by atoms with Crippen molar-refractivity contribution in [3.63, 3.8) is 0 Å². The first kappa shape index (κ1) is 18.9. The van der Waals surface area contributed by atoms with Gasteiger partial charge >= 0.3 is 5.97 Å². The van der Waals surface area contributed by atoms with Gasteiger partial charge in [0.1, 0.15) is 5.01 Å². The largest absolute Gasteiger partial charge is 0.452 e. The van der Waals surface area contributed by atoms with Gasteiger partial charge in [0.2, 0.25) is 0 Å². The van der Waals surface area contributed by atoms with Gasteiger partial charge in [-0.05, 0) is 31.2 Å². The second-order valence-corrected chi connectivity index (χ2v) is 6.74. The number of hydrogen-bond donors (Lipinski definition) is 1. The van der Waals surface area contributed by atoms with Gasteiger partial charge in [0, 0.05) is 29.5 Å². The molecule has 3 heterocycles. The highest BCUT2D eigenvalue weighted by Gasteiger charge is 2.20. The molecule has 0 unspecified atom stereocenters. The van der Waals surface area contributed by atoms with Crippen molar-refractivity contribution in [3.8, 4) is 10.6 Å². The lowest BCUT2D eigenvalue weighted by atomic mass is 10.3. The minimum Gasteiger partial charge on any atom is -0.452 e. The number of pyridine rings is 2. The van der Waals surface area contributed by atoms with Crippen molar-refractivity contribution in [2.45, 2.75) is 19.4 Å².